The highest BCUT2D eigenvalue weighted by Crippen LogP contribution is 2.34. The van der Waals surface area contributed by atoms with E-state index in [4.69, 9.17) is 9.47 Å². The van der Waals surface area contributed by atoms with Crippen molar-refractivity contribution in [1.82, 2.24) is 14.8 Å². The van der Waals surface area contributed by atoms with Gasteiger partial charge in [0, 0.05) is 42.9 Å². The molecule has 1 N–H and O–H groups in total. The normalized spacial score (nSPS) is 18.7. The van der Waals surface area contributed by atoms with Crippen LogP contribution in [0.5, 0.6) is 11.6 Å². The Morgan fingerprint density at radius 3 is 2.61 bits per heavy atom. The maximum absolute atomic E-state index is 13.7. The summed E-state index contributed by atoms with van der Waals surface area (Å²) in [5.74, 6) is 0.857. The summed E-state index contributed by atoms with van der Waals surface area (Å²) in [6, 6.07) is 19.4. The van der Waals surface area contributed by atoms with Gasteiger partial charge in [0.25, 0.3) is 5.91 Å². The summed E-state index contributed by atoms with van der Waals surface area (Å²) in [6.45, 7) is 5.76. The fourth-order valence-corrected chi connectivity index (χ4v) is 4.62. The number of rotatable bonds is 8. The number of amides is 1. The van der Waals surface area contributed by atoms with Crippen molar-refractivity contribution in [3.63, 3.8) is 0 Å². The zero-order valence-corrected chi connectivity index (χ0v) is 21.4. The van der Waals surface area contributed by atoms with Gasteiger partial charge >= 0.3 is 0 Å². The van der Waals surface area contributed by atoms with Crippen LogP contribution in [0.3, 0.4) is 0 Å². The van der Waals surface area contributed by atoms with Crippen LogP contribution in [0.25, 0.3) is 11.1 Å². The third kappa shape index (κ3) is 5.69. The highest BCUT2D eigenvalue weighted by Gasteiger charge is 2.34. The molecule has 1 aliphatic rings. The maximum atomic E-state index is 13.7. The molecule has 2 aromatic carbocycles. The molecule has 1 aliphatic heterocycles. The number of nitrogens with zero attached hydrogens (tertiary/aromatic N) is 3. The Labute approximate surface area is 213 Å². The van der Waals surface area contributed by atoms with Gasteiger partial charge in [-0.3, -0.25) is 9.69 Å². The van der Waals surface area contributed by atoms with Crippen LogP contribution in [0.1, 0.15) is 29.8 Å². The van der Waals surface area contributed by atoms with Crippen LogP contribution in [-0.4, -0.2) is 71.8 Å². The number of fused-ring (bicyclic) bond motifs is 1. The first-order valence-corrected chi connectivity index (χ1v) is 12.4. The Kier molecular flexibility index (Phi) is 8.23. The van der Waals surface area contributed by atoms with Gasteiger partial charge in [0.05, 0.1) is 19.8 Å². The van der Waals surface area contributed by atoms with Gasteiger partial charge in [-0.1, -0.05) is 55.5 Å². The van der Waals surface area contributed by atoms with Crippen molar-refractivity contribution in [2.24, 2.45) is 5.92 Å². The molecule has 1 aromatic heterocycles. The fourth-order valence-electron chi connectivity index (χ4n) is 4.62. The minimum absolute atomic E-state index is 0.0324. The number of aliphatic hydroxyl groups is 1. The average molecular weight is 490 g/mol. The molecular formula is C29H35N3O4. The zero-order chi connectivity index (χ0) is 25.7. The number of carbonyl (C=O) groups excluding carboxylic acids is 1. The second-order valence-corrected chi connectivity index (χ2v) is 9.58. The number of hydrogen-bond donors (Lipinski definition) is 1. The minimum Gasteiger partial charge on any atom is -0.496 e. The zero-order valence-electron chi connectivity index (χ0n) is 21.4. The van der Waals surface area contributed by atoms with Crippen molar-refractivity contribution in [3.05, 3.63) is 78.0 Å². The number of pyridine rings is 1. The summed E-state index contributed by atoms with van der Waals surface area (Å²) in [6.07, 6.45) is 1.53. The highest BCUT2D eigenvalue weighted by molar-refractivity contribution is 5.98. The van der Waals surface area contributed by atoms with Gasteiger partial charge in [-0.15, -0.1) is 0 Å². The molecule has 1 amide bonds. The lowest BCUT2D eigenvalue weighted by molar-refractivity contribution is 0.0325. The molecule has 0 spiro atoms. The first-order valence-electron chi connectivity index (χ1n) is 12.4. The van der Waals surface area contributed by atoms with Gasteiger partial charge in [-0.05, 0) is 31.7 Å². The van der Waals surface area contributed by atoms with Crippen LogP contribution in [0.2, 0.25) is 0 Å². The molecule has 3 aromatic rings. The molecule has 0 radical (unpaired) electrons. The predicted octanol–water partition coefficient (Wildman–Crippen LogP) is 4.11. The Balaban J connectivity index is 1.68. The van der Waals surface area contributed by atoms with Gasteiger partial charge in [0.15, 0.2) is 0 Å². The highest BCUT2D eigenvalue weighted by atomic mass is 16.5. The standard InChI is InChI=1S/C29H35N3O4/c1-20-16-32(21(2)19-33)29(34)25-14-23(24-12-8-9-13-26(24)35-4)15-30-28(25)36-27(20)18-31(3)17-22-10-6-5-7-11-22/h5-15,20-21,27,33H,16-19H2,1-4H3/t20-,21+,27+/m1/s1. The molecule has 0 bridgehead atoms. The largest absolute Gasteiger partial charge is 0.496 e. The Morgan fingerprint density at radius 2 is 1.89 bits per heavy atom. The smallest absolute Gasteiger partial charge is 0.259 e. The van der Waals surface area contributed by atoms with Gasteiger partial charge < -0.3 is 19.5 Å². The number of carbonyl (C=O) groups is 1. The molecule has 3 atom stereocenters. The first kappa shape index (κ1) is 25.7. The van der Waals surface area contributed by atoms with Crippen LogP contribution in [0, 0.1) is 5.92 Å². The molecule has 0 saturated heterocycles. The first-order chi connectivity index (χ1) is 17.4. The molecule has 0 aliphatic carbocycles. The van der Waals surface area contributed by atoms with Crippen molar-refractivity contribution < 1.29 is 19.4 Å². The molecule has 190 valence electrons. The second-order valence-electron chi connectivity index (χ2n) is 9.58. The van der Waals surface area contributed by atoms with E-state index in [9.17, 15) is 9.90 Å². The predicted molar refractivity (Wildman–Crippen MR) is 140 cm³/mol. The van der Waals surface area contributed by atoms with E-state index in [0.29, 0.717) is 30.3 Å². The van der Waals surface area contributed by atoms with Crippen molar-refractivity contribution in [1.29, 1.82) is 0 Å². The van der Waals surface area contributed by atoms with Crippen LogP contribution in [0.4, 0.5) is 0 Å². The number of hydrogen-bond acceptors (Lipinski definition) is 6. The second kappa shape index (κ2) is 11.5. The molecule has 2 heterocycles. The van der Waals surface area contributed by atoms with Gasteiger partial charge in [0.1, 0.15) is 17.4 Å². The molecule has 7 heteroatoms. The van der Waals surface area contributed by atoms with E-state index in [-0.39, 0.29) is 30.6 Å². The Morgan fingerprint density at radius 1 is 1.17 bits per heavy atom. The monoisotopic (exact) mass is 489 g/mol. The van der Waals surface area contributed by atoms with Gasteiger partial charge in [0.2, 0.25) is 5.88 Å². The summed E-state index contributed by atoms with van der Waals surface area (Å²) < 4.78 is 12.0. The number of benzene rings is 2. The van der Waals surface area contributed by atoms with Gasteiger partial charge in [-0.25, -0.2) is 4.98 Å². The summed E-state index contributed by atoms with van der Waals surface area (Å²) in [4.78, 5) is 22.3. The topological polar surface area (TPSA) is 75.1 Å². The van der Waals surface area contributed by atoms with E-state index >= 15 is 0 Å². The van der Waals surface area contributed by atoms with Gasteiger partial charge in [-0.2, -0.15) is 0 Å². The van der Waals surface area contributed by atoms with E-state index in [1.165, 1.54) is 5.56 Å². The van der Waals surface area contributed by atoms with E-state index in [0.717, 1.165) is 17.7 Å². The van der Waals surface area contributed by atoms with E-state index in [2.05, 4.69) is 36.0 Å². The molecule has 0 saturated carbocycles. The van der Waals surface area contributed by atoms with E-state index < -0.39 is 0 Å². The summed E-state index contributed by atoms with van der Waals surface area (Å²) in [5.41, 5.74) is 3.23. The van der Waals surface area contributed by atoms with Crippen molar-refractivity contribution >= 4 is 5.91 Å². The molecular weight excluding hydrogens is 454 g/mol. The summed E-state index contributed by atoms with van der Waals surface area (Å²) >= 11 is 0. The van der Waals surface area contributed by atoms with E-state index in [1.807, 2.05) is 55.5 Å². The van der Waals surface area contributed by atoms with Crippen molar-refractivity contribution in [2.75, 3.05) is 33.9 Å². The SMILES string of the molecule is COc1ccccc1-c1cnc2c(c1)C(=O)N([C@@H](C)CO)C[C@@H](C)[C@H](CN(C)Cc1ccccc1)O2. The molecule has 0 fully saturated rings. The third-order valence-electron chi connectivity index (χ3n) is 6.73. The lowest BCUT2D eigenvalue weighted by atomic mass is 9.99. The fraction of sp³-hybridized carbons (Fsp3) is 0.379. The Bertz CT molecular complexity index is 1170. The number of aliphatic hydroxyl groups excluding tert-OH is 1. The average Bonchev–Trinajstić information content (AvgIpc) is 2.90. The molecule has 0 unspecified atom stereocenters. The number of ether oxygens (including phenoxy) is 2. The van der Waals surface area contributed by atoms with Crippen molar-refractivity contribution in [3.8, 4) is 22.8 Å². The number of aromatic nitrogens is 1. The molecule has 4 rings (SSSR count). The van der Waals surface area contributed by atoms with Crippen LogP contribution in [0.15, 0.2) is 66.9 Å². The number of methoxy groups -OCH3 is 1. The number of para-hydroxylation sites is 1. The minimum atomic E-state index is -0.330. The number of likely N-dealkylation sites (N-methyl/N-ethyl adjacent to an activating group) is 1. The molecule has 7 nitrogen and oxygen atoms in total. The van der Waals surface area contributed by atoms with Crippen molar-refractivity contribution in [2.45, 2.75) is 32.5 Å². The summed E-state index contributed by atoms with van der Waals surface area (Å²) in [5, 5.41) is 9.91. The third-order valence-corrected chi connectivity index (χ3v) is 6.73. The lowest BCUT2D eigenvalue weighted by Crippen LogP contribution is -2.49. The van der Waals surface area contributed by atoms with Crippen LogP contribution >= 0.6 is 0 Å². The van der Waals surface area contributed by atoms with Crippen LogP contribution in [-0.2, 0) is 6.54 Å². The van der Waals surface area contributed by atoms with Crippen LogP contribution < -0.4 is 9.47 Å². The quantitative estimate of drug-likeness (QED) is 0.513. The van der Waals surface area contributed by atoms with E-state index in [1.54, 1.807) is 18.2 Å². The lowest BCUT2D eigenvalue weighted by Gasteiger charge is -2.37. The summed E-state index contributed by atoms with van der Waals surface area (Å²) in [7, 11) is 3.69. The molecule has 36 heavy (non-hydrogen) atoms. The Hall–Kier alpha value is -3.42. The maximum Gasteiger partial charge on any atom is 0.259 e.